The first kappa shape index (κ1) is 12.1. The Labute approximate surface area is 94.6 Å². The van der Waals surface area contributed by atoms with Gasteiger partial charge >= 0.3 is 0 Å². The molecule has 1 aromatic carbocycles. The van der Waals surface area contributed by atoms with Crippen molar-refractivity contribution >= 4 is 31.6 Å². The highest BCUT2D eigenvalue weighted by atomic mass is 79.9. The Morgan fingerprint density at radius 1 is 1.47 bits per heavy atom. The van der Waals surface area contributed by atoms with Gasteiger partial charge in [0, 0.05) is 10.5 Å². The number of hydrogen-bond acceptors (Lipinski definition) is 4. The second-order valence-electron chi connectivity index (χ2n) is 2.58. The fourth-order valence-electron chi connectivity index (χ4n) is 0.964. The van der Waals surface area contributed by atoms with Gasteiger partial charge in [-0.15, -0.1) is 0 Å². The van der Waals surface area contributed by atoms with Crippen LogP contribution < -0.4 is 4.72 Å². The zero-order chi connectivity index (χ0) is 11.6. The molecule has 15 heavy (non-hydrogen) atoms. The minimum absolute atomic E-state index is 0.357. The third kappa shape index (κ3) is 2.52. The molecule has 0 amide bonds. The van der Waals surface area contributed by atoms with Gasteiger partial charge in [-0.25, -0.2) is 13.1 Å². The van der Waals surface area contributed by atoms with Crippen LogP contribution >= 0.6 is 15.9 Å². The molecule has 0 heterocycles. The number of nitro groups is 1. The number of nitro benzene ring substituents is 1. The second-order valence-corrected chi connectivity index (χ2v) is 5.35. The molecule has 0 unspecified atom stereocenters. The number of nitrogens with zero attached hydrogens (tertiary/aromatic N) is 1. The Morgan fingerprint density at radius 3 is 2.53 bits per heavy atom. The van der Waals surface area contributed by atoms with Gasteiger partial charge in [0.2, 0.25) is 10.0 Å². The minimum Gasteiger partial charge on any atom is -0.258 e. The van der Waals surface area contributed by atoms with Crippen molar-refractivity contribution in [3.8, 4) is 0 Å². The lowest BCUT2D eigenvalue weighted by Gasteiger charge is -2.03. The quantitative estimate of drug-likeness (QED) is 0.671. The van der Waals surface area contributed by atoms with Crippen LogP contribution in [0.25, 0.3) is 0 Å². The Kier molecular flexibility index (Phi) is 3.42. The van der Waals surface area contributed by atoms with Crippen molar-refractivity contribution in [2.45, 2.75) is 4.90 Å². The van der Waals surface area contributed by atoms with E-state index >= 15 is 0 Å². The molecule has 8 heteroatoms. The largest absolute Gasteiger partial charge is 0.289 e. The van der Waals surface area contributed by atoms with E-state index in [1.165, 1.54) is 19.2 Å². The molecule has 0 aliphatic heterocycles. The summed E-state index contributed by atoms with van der Waals surface area (Å²) in [4.78, 5) is 9.50. The maximum absolute atomic E-state index is 11.4. The summed E-state index contributed by atoms with van der Waals surface area (Å²) in [5.74, 6) is 0. The molecule has 1 aromatic rings. The molecular weight excluding hydrogens is 288 g/mol. The van der Waals surface area contributed by atoms with E-state index < -0.39 is 20.6 Å². The van der Waals surface area contributed by atoms with E-state index in [-0.39, 0.29) is 4.90 Å². The van der Waals surface area contributed by atoms with Gasteiger partial charge in [-0.2, -0.15) is 0 Å². The predicted molar refractivity (Wildman–Crippen MR) is 57.0 cm³/mol. The van der Waals surface area contributed by atoms with Gasteiger partial charge in [0.05, 0.1) is 4.92 Å². The van der Waals surface area contributed by atoms with Crippen LogP contribution in [0.15, 0.2) is 27.6 Å². The minimum atomic E-state index is -3.82. The van der Waals surface area contributed by atoms with Crippen LogP contribution in [0.2, 0.25) is 0 Å². The van der Waals surface area contributed by atoms with Crippen molar-refractivity contribution in [1.29, 1.82) is 0 Å². The molecule has 0 fully saturated rings. The molecule has 1 N–H and O–H groups in total. The summed E-state index contributed by atoms with van der Waals surface area (Å²) in [5.41, 5.74) is -0.451. The summed E-state index contributed by atoms with van der Waals surface area (Å²) in [6, 6.07) is 3.73. The smallest absolute Gasteiger partial charge is 0.258 e. The normalized spacial score (nSPS) is 11.3. The fraction of sp³-hybridized carbons (Fsp3) is 0.143. The number of sulfonamides is 1. The van der Waals surface area contributed by atoms with E-state index in [2.05, 4.69) is 15.9 Å². The average Bonchev–Trinajstić information content (AvgIpc) is 2.17. The van der Waals surface area contributed by atoms with Gasteiger partial charge in [0.25, 0.3) is 5.69 Å². The van der Waals surface area contributed by atoms with Crippen molar-refractivity contribution < 1.29 is 13.3 Å². The van der Waals surface area contributed by atoms with Gasteiger partial charge in [0.1, 0.15) is 0 Å². The second kappa shape index (κ2) is 4.25. The lowest BCUT2D eigenvalue weighted by Crippen LogP contribution is -2.19. The van der Waals surface area contributed by atoms with Crippen molar-refractivity contribution in [3.05, 3.63) is 32.8 Å². The number of halogens is 1. The van der Waals surface area contributed by atoms with E-state index in [0.29, 0.717) is 4.47 Å². The number of rotatable bonds is 3. The molecule has 6 nitrogen and oxygen atoms in total. The highest BCUT2D eigenvalue weighted by Gasteiger charge is 2.24. The maximum Gasteiger partial charge on any atom is 0.289 e. The number of benzene rings is 1. The van der Waals surface area contributed by atoms with E-state index in [4.69, 9.17) is 0 Å². The van der Waals surface area contributed by atoms with Crippen molar-refractivity contribution in [1.82, 2.24) is 4.72 Å². The molecular formula is C7H7BrN2O4S. The van der Waals surface area contributed by atoms with Crippen molar-refractivity contribution in [3.63, 3.8) is 0 Å². The fourth-order valence-corrected chi connectivity index (χ4v) is 2.40. The number of hydrogen-bond donors (Lipinski definition) is 1. The topological polar surface area (TPSA) is 89.3 Å². The average molecular weight is 295 g/mol. The molecule has 0 atom stereocenters. The van der Waals surface area contributed by atoms with Gasteiger partial charge in [-0.1, -0.05) is 15.9 Å². The summed E-state index contributed by atoms with van der Waals surface area (Å²) >= 11 is 3.05. The first-order valence-electron chi connectivity index (χ1n) is 3.76. The zero-order valence-electron chi connectivity index (χ0n) is 7.60. The van der Waals surface area contributed by atoms with Crippen molar-refractivity contribution in [2.24, 2.45) is 0 Å². The Bertz CT molecular complexity index is 500. The summed E-state index contributed by atoms with van der Waals surface area (Å²) in [5, 5.41) is 10.6. The predicted octanol–water partition coefficient (Wildman–Crippen LogP) is 1.27. The van der Waals surface area contributed by atoms with E-state index in [1.807, 2.05) is 4.72 Å². The van der Waals surface area contributed by atoms with E-state index in [9.17, 15) is 18.5 Å². The molecule has 1 rings (SSSR count). The highest BCUT2D eigenvalue weighted by molar-refractivity contribution is 9.10. The molecule has 0 aliphatic carbocycles. The monoisotopic (exact) mass is 294 g/mol. The summed E-state index contributed by atoms with van der Waals surface area (Å²) in [6.07, 6.45) is 0. The maximum atomic E-state index is 11.4. The molecule has 0 saturated heterocycles. The third-order valence-electron chi connectivity index (χ3n) is 1.68. The van der Waals surface area contributed by atoms with Gasteiger partial charge in [-0.3, -0.25) is 10.1 Å². The molecule has 82 valence electrons. The van der Waals surface area contributed by atoms with Gasteiger partial charge in [0.15, 0.2) is 4.90 Å². The van der Waals surface area contributed by atoms with E-state index in [0.717, 1.165) is 6.07 Å². The number of nitrogens with one attached hydrogen (secondary N) is 1. The first-order chi connectivity index (χ1) is 6.88. The van der Waals surface area contributed by atoms with Crippen LogP contribution in [0.4, 0.5) is 5.69 Å². The van der Waals surface area contributed by atoms with Gasteiger partial charge in [-0.05, 0) is 19.2 Å². The Hall–Kier alpha value is -0.990. The molecule has 0 spiro atoms. The molecule has 0 aromatic heterocycles. The third-order valence-corrected chi connectivity index (χ3v) is 3.61. The summed E-state index contributed by atoms with van der Waals surface area (Å²) in [6.45, 7) is 0. The molecule has 0 radical (unpaired) electrons. The standard InChI is InChI=1S/C7H7BrN2O4S/c1-9-15(13,14)7-4-5(8)2-3-6(7)10(11)12/h2-4,9H,1H3. The zero-order valence-corrected chi connectivity index (χ0v) is 10.0. The Balaban J connectivity index is 3.51. The molecule has 0 aliphatic rings. The molecule has 0 bridgehead atoms. The first-order valence-corrected chi connectivity index (χ1v) is 6.03. The van der Waals surface area contributed by atoms with Crippen LogP contribution in [0.1, 0.15) is 0 Å². The van der Waals surface area contributed by atoms with Crippen LogP contribution in [0, 0.1) is 10.1 Å². The van der Waals surface area contributed by atoms with Gasteiger partial charge < -0.3 is 0 Å². The van der Waals surface area contributed by atoms with Crippen molar-refractivity contribution in [2.75, 3.05) is 7.05 Å². The van der Waals surface area contributed by atoms with Crippen LogP contribution in [-0.2, 0) is 10.0 Å². The van der Waals surface area contributed by atoms with Crippen LogP contribution in [0.3, 0.4) is 0 Å². The van der Waals surface area contributed by atoms with Crippen LogP contribution in [0.5, 0.6) is 0 Å². The van der Waals surface area contributed by atoms with E-state index in [1.54, 1.807) is 0 Å². The summed E-state index contributed by atoms with van der Waals surface area (Å²) < 4.78 is 25.4. The summed E-state index contributed by atoms with van der Waals surface area (Å²) in [7, 11) is -2.62. The lowest BCUT2D eigenvalue weighted by atomic mass is 10.3. The Morgan fingerprint density at radius 2 is 2.07 bits per heavy atom. The lowest BCUT2D eigenvalue weighted by molar-refractivity contribution is -0.387. The van der Waals surface area contributed by atoms with Crippen LogP contribution in [-0.4, -0.2) is 20.4 Å². The SMILES string of the molecule is CNS(=O)(=O)c1cc(Br)ccc1[N+](=O)[O-]. The highest BCUT2D eigenvalue weighted by Crippen LogP contribution is 2.26. The molecule has 0 saturated carbocycles.